The molecule has 5 nitrogen and oxygen atoms in total. The lowest BCUT2D eigenvalue weighted by Crippen LogP contribution is -2.37. The lowest BCUT2D eigenvalue weighted by Gasteiger charge is -2.17. The molecule has 0 aliphatic heterocycles. The van der Waals surface area contributed by atoms with Crippen LogP contribution in [0.15, 0.2) is 17.2 Å². The molecule has 0 aliphatic rings. The Bertz CT molecular complexity index is 564. The van der Waals surface area contributed by atoms with E-state index in [1.54, 1.807) is 4.57 Å². The molecule has 1 rings (SSSR count). The highest BCUT2D eigenvalue weighted by atomic mass is 35.7. The van der Waals surface area contributed by atoms with Gasteiger partial charge in [-0.25, -0.2) is 8.42 Å². The number of nitrogens with one attached hydrogen (secondary N) is 1. The molecule has 108 valence electrons. The molecule has 0 aliphatic carbocycles. The third-order valence-electron chi connectivity index (χ3n) is 3.09. The molecule has 0 spiro atoms. The molecule has 1 atom stereocenters. The molecule has 1 heterocycles. The second kappa shape index (κ2) is 5.96. The average molecular weight is 307 g/mol. The highest BCUT2D eigenvalue weighted by molar-refractivity contribution is 8.13. The van der Waals surface area contributed by atoms with Crippen molar-refractivity contribution in [3.63, 3.8) is 0 Å². The SMILES string of the molecule is CCn1cc(S(=O)(=O)Cl)cc1C(=O)NC(C)C(C)C. The molecule has 0 radical (unpaired) electrons. The van der Waals surface area contributed by atoms with E-state index in [1.165, 1.54) is 12.3 Å². The van der Waals surface area contributed by atoms with Gasteiger partial charge in [0.15, 0.2) is 0 Å². The summed E-state index contributed by atoms with van der Waals surface area (Å²) in [4.78, 5) is 12.1. The lowest BCUT2D eigenvalue weighted by atomic mass is 10.1. The standard InChI is InChI=1S/C12H19ClN2O3S/c1-5-15-7-10(19(13,17)18)6-11(15)12(16)14-9(4)8(2)3/h6-9H,5H2,1-4H3,(H,14,16). The molecule has 1 unspecified atom stereocenters. The lowest BCUT2D eigenvalue weighted by molar-refractivity contribution is 0.0921. The predicted octanol–water partition coefficient (Wildman–Crippen LogP) is 2.21. The number of rotatable bonds is 5. The molecular weight excluding hydrogens is 288 g/mol. The molecule has 1 N–H and O–H groups in total. The van der Waals surface area contributed by atoms with Gasteiger partial charge in [0.25, 0.3) is 15.0 Å². The van der Waals surface area contributed by atoms with Gasteiger partial charge in [0.2, 0.25) is 0 Å². The van der Waals surface area contributed by atoms with Crippen molar-refractivity contribution in [2.24, 2.45) is 5.92 Å². The summed E-state index contributed by atoms with van der Waals surface area (Å²) in [5, 5.41) is 2.84. The van der Waals surface area contributed by atoms with Crippen molar-refractivity contribution in [3.05, 3.63) is 18.0 Å². The first-order valence-electron chi connectivity index (χ1n) is 6.12. The van der Waals surface area contributed by atoms with Crippen molar-refractivity contribution < 1.29 is 13.2 Å². The minimum absolute atomic E-state index is 0.00349. The smallest absolute Gasteiger partial charge is 0.268 e. The normalized spacial score (nSPS) is 13.6. The third kappa shape index (κ3) is 3.98. The molecule has 1 aromatic rings. The van der Waals surface area contributed by atoms with Crippen LogP contribution in [0.2, 0.25) is 0 Å². The van der Waals surface area contributed by atoms with Crippen LogP contribution in [0.3, 0.4) is 0 Å². The summed E-state index contributed by atoms with van der Waals surface area (Å²) >= 11 is 0. The Labute approximate surface area is 118 Å². The first kappa shape index (κ1) is 16.0. The number of aromatic nitrogens is 1. The van der Waals surface area contributed by atoms with Crippen molar-refractivity contribution in [1.82, 2.24) is 9.88 Å². The Morgan fingerprint density at radius 3 is 2.42 bits per heavy atom. The number of hydrogen-bond acceptors (Lipinski definition) is 3. The molecule has 1 aromatic heterocycles. The maximum absolute atomic E-state index is 12.1. The fourth-order valence-electron chi connectivity index (χ4n) is 1.52. The Hall–Kier alpha value is -1.01. The topological polar surface area (TPSA) is 68.2 Å². The predicted molar refractivity (Wildman–Crippen MR) is 74.9 cm³/mol. The maximum atomic E-state index is 12.1. The van der Waals surface area contributed by atoms with Crippen molar-refractivity contribution in [2.75, 3.05) is 0 Å². The van der Waals surface area contributed by atoms with Gasteiger partial charge >= 0.3 is 0 Å². The van der Waals surface area contributed by atoms with Crippen molar-refractivity contribution in [3.8, 4) is 0 Å². The zero-order valence-corrected chi connectivity index (χ0v) is 13.0. The molecular formula is C12H19ClN2O3S. The van der Waals surface area contributed by atoms with Gasteiger partial charge in [-0.15, -0.1) is 0 Å². The fourth-order valence-corrected chi connectivity index (χ4v) is 2.28. The molecule has 0 bridgehead atoms. The van der Waals surface area contributed by atoms with Crippen LogP contribution in [0.4, 0.5) is 0 Å². The largest absolute Gasteiger partial charge is 0.348 e. The summed E-state index contributed by atoms with van der Waals surface area (Å²) in [6.45, 7) is 8.22. The number of aryl methyl sites for hydroxylation is 1. The van der Waals surface area contributed by atoms with Crippen molar-refractivity contribution in [1.29, 1.82) is 0 Å². The third-order valence-corrected chi connectivity index (χ3v) is 4.41. The molecule has 7 heteroatoms. The highest BCUT2D eigenvalue weighted by Crippen LogP contribution is 2.19. The van der Waals surface area contributed by atoms with E-state index in [0.717, 1.165) is 0 Å². The monoisotopic (exact) mass is 306 g/mol. The Balaban J connectivity index is 3.06. The van der Waals surface area contributed by atoms with E-state index in [2.05, 4.69) is 5.32 Å². The van der Waals surface area contributed by atoms with Crippen molar-refractivity contribution >= 4 is 25.6 Å². The zero-order valence-electron chi connectivity index (χ0n) is 11.5. The molecule has 1 amide bonds. The number of amides is 1. The summed E-state index contributed by atoms with van der Waals surface area (Å²) in [6, 6.07) is 1.30. The van der Waals surface area contributed by atoms with E-state index >= 15 is 0 Å². The van der Waals surface area contributed by atoms with Gasteiger partial charge < -0.3 is 9.88 Å². The first-order chi connectivity index (χ1) is 8.66. The van der Waals surface area contributed by atoms with E-state index in [4.69, 9.17) is 10.7 Å². The van der Waals surface area contributed by atoms with Crippen LogP contribution in [0.5, 0.6) is 0 Å². The van der Waals surface area contributed by atoms with E-state index in [-0.39, 0.29) is 16.8 Å². The maximum Gasteiger partial charge on any atom is 0.268 e. The van der Waals surface area contributed by atoms with E-state index in [9.17, 15) is 13.2 Å². The minimum atomic E-state index is -3.82. The van der Waals surface area contributed by atoms with Crippen LogP contribution in [0.1, 0.15) is 38.2 Å². The second-order valence-electron chi connectivity index (χ2n) is 4.79. The van der Waals surface area contributed by atoms with Crippen LogP contribution in [0.25, 0.3) is 0 Å². The Kier molecular flexibility index (Phi) is 5.04. The first-order valence-corrected chi connectivity index (χ1v) is 8.43. The summed E-state index contributed by atoms with van der Waals surface area (Å²) in [5.74, 6) is -0.000152. The van der Waals surface area contributed by atoms with Crippen molar-refractivity contribution in [2.45, 2.75) is 45.2 Å². The highest BCUT2D eigenvalue weighted by Gasteiger charge is 2.20. The average Bonchev–Trinajstić information content (AvgIpc) is 2.72. The summed E-state index contributed by atoms with van der Waals surface area (Å²) in [6.07, 6.45) is 1.37. The molecule has 0 fully saturated rings. The van der Waals surface area contributed by atoms with Gasteiger partial charge in [0.1, 0.15) is 10.6 Å². The van der Waals surface area contributed by atoms with Gasteiger partial charge in [0.05, 0.1) is 0 Å². The Morgan fingerprint density at radius 1 is 1.42 bits per heavy atom. The summed E-state index contributed by atoms with van der Waals surface area (Å²) in [7, 11) is 1.47. The molecule has 0 aromatic carbocycles. The number of carbonyl (C=O) groups is 1. The van der Waals surface area contributed by atoms with E-state index in [1.807, 2.05) is 27.7 Å². The summed E-state index contributed by atoms with van der Waals surface area (Å²) in [5.41, 5.74) is 0.300. The molecule has 19 heavy (non-hydrogen) atoms. The van der Waals surface area contributed by atoms with Gasteiger partial charge in [-0.3, -0.25) is 4.79 Å². The number of carbonyl (C=O) groups excluding carboxylic acids is 1. The van der Waals surface area contributed by atoms with Gasteiger partial charge in [-0.05, 0) is 25.8 Å². The number of halogens is 1. The van der Waals surface area contributed by atoms with Crippen LogP contribution in [-0.4, -0.2) is 24.9 Å². The quantitative estimate of drug-likeness (QED) is 0.848. The minimum Gasteiger partial charge on any atom is -0.348 e. The number of hydrogen-bond donors (Lipinski definition) is 1. The van der Waals surface area contributed by atoms with E-state index < -0.39 is 9.05 Å². The second-order valence-corrected chi connectivity index (χ2v) is 7.36. The van der Waals surface area contributed by atoms with Gasteiger partial charge in [0, 0.05) is 29.5 Å². The Morgan fingerprint density at radius 2 is 2.00 bits per heavy atom. The molecule has 0 saturated heterocycles. The summed E-state index contributed by atoms with van der Waals surface area (Å²) < 4.78 is 24.1. The van der Waals surface area contributed by atoms with Crippen LogP contribution >= 0.6 is 10.7 Å². The van der Waals surface area contributed by atoms with Gasteiger partial charge in [-0.1, -0.05) is 13.8 Å². The van der Waals surface area contributed by atoms with Crippen LogP contribution in [-0.2, 0) is 15.6 Å². The molecule has 0 saturated carbocycles. The van der Waals surface area contributed by atoms with Crippen LogP contribution in [0, 0.1) is 5.92 Å². The fraction of sp³-hybridized carbons (Fsp3) is 0.583. The van der Waals surface area contributed by atoms with E-state index in [0.29, 0.717) is 18.2 Å². The zero-order chi connectivity index (χ0) is 14.8. The number of nitrogens with zero attached hydrogens (tertiary/aromatic N) is 1. The van der Waals surface area contributed by atoms with Gasteiger partial charge in [-0.2, -0.15) is 0 Å². The van der Waals surface area contributed by atoms with Crippen LogP contribution < -0.4 is 5.32 Å².